The first-order valence-electron chi connectivity index (χ1n) is 11.0. The van der Waals surface area contributed by atoms with Crippen LogP contribution in [0.15, 0.2) is 60.9 Å². The second kappa shape index (κ2) is 7.56. The van der Waals surface area contributed by atoms with Crippen LogP contribution in [0.3, 0.4) is 0 Å². The highest BCUT2D eigenvalue weighted by Gasteiger charge is 2.46. The molecule has 3 aromatic rings. The third-order valence-corrected chi connectivity index (χ3v) is 6.75. The number of rotatable bonds is 5. The van der Waals surface area contributed by atoms with Crippen LogP contribution in [0.25, 0.3) is 11.1 Å². The van der Waals surface area contributed by atoms with Crippen molar-refractivity contribution in [3.8, 4) is 11.1 Å². The first-order valence-corrected chi connectivity index (χ1v) is 11.0. The third kappa shape index (κ3) is 3.42. The topological polar surface area (TPSA) is 67.3 Å². The van der Waals surface area contributed by atoms with E-state index in [0.717, 1.165) is 28.9 Å². The van der Waals surface area contributed by atoms with Crippen molar-refractivity contribution in [1.29, 1.82) is 0 Å². The molecule has 156 valence electrons. The number of aliphatic hydroxyl groups excluding tert-OH is 1. The number of anilines is 1. The summed E-state index contributed by atoms with van der Waals surface area (Å²) in [5.74, 6) is 0.945. The molecule has 0 spiro atoms. The average molecular weight is 403 g/mol. The molecule has 1 unspecified atom stereocenters. The summed E-state index contributed by atoms with van der Waals surface area (Å²) in [6, 6.07) is 17.1. The molecule has 1 saturated carbocycles. The molecule has 0 amide bonds. The van der Waals surface area contributed by atoms with E-state index in [1.54, 1.807) is 0 Å². The number of fused-ring (bicyclic) bond motifs is 1. The molecule has 1 fully saturated rings. The largest absolute Gasteiger partial charge is 0.374 e. The van der Waals surface area contributed by atoms with E-state index < -0.39 is 6.23 Å². The van der Waals surface area contributed by atoms with Crippen molar-refractivity contribution in [2.24, 2.45) is 17.6 Å². The fraction of sp³-hybridized carbons (Fsp3) is 0.400. The molecule has 5 heteroatoms. The minimum absolute atomic E-state index is 0.0279. The first kappa shape index (κ1) is 19.3. The minimum atomic E-state index is -0.524. The summed E-state index contributed by atoms with van der Waals surface area (Å²) in [6.07, 6.45) is 5.95. The lowest BCUT2D eigenvalue weighted by Gasteiger charge is -2.47. The van der Waals surface area contributed by atoms with Gasteiger partial charge in [0, 0.05) is 29.5 Å². The Labute approximate surface area is 178 Å². The van der Waals surface area contributed by atoms with Crippen molar-refractivity contribution >= 4 is 5.69 Å². The van der Waals surface area contributed by atoms with Gasteiger partial charge in [-0.25, -0.2) is 0 Å². The van der Waals surface area contributed by atoms with Crippen molar-refractivity contribution in [3.05, 3.63) is 72.1 Å². The second-order valence-electron chi connectivity index (χ2n) is 8.94. The molecular weight excluding hydrogens is 372 g/mol. The maximum Gasteiger partial charge on any atom is 0.124 e. The molecular formula is C25H30N4O. The highest BCUT2D eigenvalue weighted by atomic mass is 16.3. The molecule has 5 rings (SSSR count). The van der Waals surface area contributed by atoms with Crippen molar-refractivity contribution in [3.63, 3.8) is 0 Å². The lowest BCUT2D eigenvalue weighted by Crippen LogP contribution is -2.53. The van der Waals surface area contributed by atoms with Crippen LogP contribution in [-0.2, 0) is 6.54 Å². The van der Waals surface area contributed by atoms with E-state index in [0.29, 0.717) is 17.9 Å². The average Bonchev–Trinajstić information content (AvgIpc) is 3.48. The molecule has 4 atom stereocenters. The summed E-state index contributed by atoms with van der Waals surface area (Å²) in [7, 11) is 0. The Morgan fingerprint density at radius 1 is 1.13 bits per heavy atom. The van der Waals surface area contributed by atoms with Crippen LogP contribution in [0.1, 0.15) is 43.9 Å². The van der Waals surface area contributed by atoms with Gasteiger partial charge in [-0.1, -0.05) is 43.3 Å². The summed E-state index contributed by atoms with van der Waals surface area (Å²) in [6.45, 7) is 4.85. The Bertz CT molecular complexity index is 1020. The van der Waals surface area contributed by atoms with Gasteiger partial charge in [-0.2, -0.15) is 5.10 Å². The Balaban J connectivity index is 1.47. The number of nitrogens with two attached hydrogens (primary N) is 1. The Morgan fingerprint density at radius 2 is 1.90 bits per heavy atom. The number of benzene rings is 2. The van der Waals surface area contributed by atoms with Gasteiger partial charge in [0.05, 0.1) is 12.7 Å². The van der Waals surface area contributed by atoms with Crippen molar-refractivity contribution in [2.45, 2.75) is 51.5 Å². The van der Waals surface area contributed by atoms with Crippen LogP contribution in [-0.4, -0.2) is 27.2 Å². The molecule has 0 saturated heterocycles. The lowest BCUT2D eigenvalue weighted by molar-refractivity contribution is 0.149. The van der Waals surface area contributed by atoms with Crippen LogP contribution in [0, 0.1) is 11.8 Å². The fourth-order valence-corrected chi connectivity index (χ4v) is 5.06. The maximum atomic E-state index is 10.6. The highest BCUT2D eigenvalue weighted by Crippen LogP contribution is 2.49. The standard InChI is InChI=1S/C25H30N4O/c1-16-24(26)22-12-20(10-11-23(22)29(17(2)30)25(16)19-8-9-19)21-13-27-28(15-21)14-18-6-4-3-5-7-18/h3-7,10-13,15-17,19,24-25,30H,8-9,14,26H2,1-2H3/t16-,17?,24-,25-/m1/s1. The Kier molecular flexibility index (Phi) is 4.88. The van der Waals surface area contributed by atoms with Crippen LogP contribution in [0.5, 0.6) is 0 Å². The highest BCUT2D eigenvalue weighted by molar-refractivity contribution is 5.70. The minimum Gasteiger partial charge on any atom is -0.374 e. The second-order valence-corrected chi connectivity index (χ2v) is 8.94. The Hall–Kier alpha value is -2.63. The van der Waals surface area contributed by atoms with Crippen LogP contribution >= 0.6 is 0 Å². The molecule has 0 bridgehead atoms. The third-order valence-electron chi connectivity index (χ3n) is 6.75. The van der Waals surface area contributed by atoms with E-state index in [1.165, 1.54) is 18.4 Å². The number of hydrogen-bond donors (Lipinski definition) is 2. The Morgan fingerprint density at radius 3 is 2.60 bits per heavy atom. The van der Waals surface area contributed by atoms with Crippen molar-refractivity contribution in [2.75, 3.05) is 4.90 Å². The summed E-state index contributed by atoms with van der Waals surface area (Å²) in [5, 5.41) is 15.1. The molecule has 1 aromatic heterocycles. The molecule has 2 heterocycles. The van der Waals surface area contributed by atoms with E-state index >= 15 is 0 Å². The van der Waals surface area contributed by atoms with Gasteiger partial charge < -0.3 is 15.7 Å². The van der Waals surface area contributed by atoms with Gasteiger partial charge in [-0.05, 0) is 60.4 Å². The fourth-order valence-electron chi connectivity index (χ4n) is 5.06. The maximum absolute atomic E-state index is 10.6. The van der Waals surface area contributed by atoms with Gasteiger partial charge in [-0.15, -0.1) is 0 Å². The van der Waals surface area contributed by atoms with E-state index in [4.69, 9.17) is 5.73 Å². The number of hydrogen-bond acceptors (Lipinski definition) is 4. The zero-order chi connectivity index (χ0) is 20.8. The molecule has 1 aliphatic heterocycles. The quantitative estimate of drug-likeness (QED) is 0.672. The van der Waals surface area contributed by atoms with Gasteiger partial charge in [0.15, 0.2) is 0 Å². The first-order chi connectivity index (χ1) is 14.5. The van der Waals surface area contributed by atoms with Crippen molar-refractivity contribution in [1.82, 2.24) is 9.78 Å². The van der Waals surface area contributed by atoms with Gasteiger partial charge in [-0.3, -0.25) is 4.68 Å². The van der Waals surface area contributed by atoms with Crippen LogP contribution in [0.4, 0.5) is 5.69 Å². The molecule has 1 aliphatic carbocycles. The predicted molar refractivity (Wildman–Crippen MR) is 120 cm³/mol. The van der Waals surface area contributed by atoms with Crippen LogP contribution < -0.4 is 10.6 Å². The number of aliphatic hydroxyl groups is 1. The van der Waals surface area contributed by atoms with Gasteiger partial charge in [0.25, 0.3) is 0 Å². The molecule has 5 nitrogen and oxygen atoms in total. The zero-order valence-electron chi connectivity index (χ0n) is 17.6. The molecule has 3 N–H and O–H groups in total. The SMILES string of the molecule is CC(O)N1c2ccc(-c3cnn(Cc4ccccc4)c3)cc2[C@H](N)[C@@H](C)[C@@H]1C1CC1. The smallest absolute Gasteiger partial charge is 0.124 e. The van der Waals surface area contributed by atoms with Crippen LogP contribution in [0.2, 0.25) is 0 Å². The van der Waals surface area contributed by atoms with Gasteiger partial charge in [0.1, 0.15) is 6.23 Å². The summed E-state index contributed by atoms with van der Waals surface area (Å²) < 4.78 is 1.97. The molecule has 30 heavy (non-hydrogen) atoms. The zero-order valence-corrected chi connectivity index (χ0v) is 17.6. The normalized spacial score (nSPS) is 24.5. The van der Waals surface area contributed by atoms with Gasteiger partial charge in [0.2, 0.25) is 0 Å². The van der Waals surface area contributed by atoms with Crippen molar-refractivity contribution < 1.29 is 5.11 Å². The van der Waals surface area contributed by atoms with E-state index in [2.05, 4.69) is 65.6 Å². The predicted octanol–water partition coefficient (Wildman–Crippen LogP) is 4.17. The van der Waals surface area contributed by atoms with E-state index in [9.17, 15) is 5.11 Å². The lowest BCUT2D eigenvalue weighted by atomic mass is 9.79. The summed E-state index contributed by atoms with van der Waals surface area (Å²) in [4.78, 5) is 2.20. The van der Waals surface area contributed by atoms with Gasteiger partial charge >= 0.3 is 0 Å². The molecule has 2 aliphatic rings. The number of aromatic nitrogens is 2. The summed E-state index contributed by atoms with van der Waals surface area (Å²) >= 11 is 0. The molecule has 0 radical (unpaired) electrons. The van der Waals surface area contributed by atoms with E-state index in [-0.39, 0.29) is 6.04 Å². The monoisotopic (exact) mass is 402 g/mol. The molecule has 2 aromatic carbocycles. The number of nitrogens with zero attached hydrogens (tertiary/aromatic N) is 3. The summed E-state index contributed by atoms with van der Waals surface area (Å²) in [5.41, 5.74) is 12.4. The van der Waals surface area contributed by atoms with E-state index in [1.807, 2.05) is 23.9 Å².